The summed E-state index contributed by atoms with van der Waals surface area (Å²) < 4.78 is 10.2. The van der Waals surface area contributed by atoms with Gasteiger partial charge in [0.25, 0.3) is 5.69 Å². The molecule has 7 nitrogen and oxygen atoms in total. The zero-order valence-electron chi connectivity index (χ0n) is 12.0. The van der Waals surface area contributed by atoms with Crippen molar-refractivity contribution in [3.05, 3.63) is 39.9 Å². The van der Waals surface area contributed by atoms with Gasteiger partial charge >= 0.3 is 5.97 Å². The predicted octanol–water partition coefficient (Wildman–Crippen LogP) is 2.14. The van der Waals surface area contributed by atoms with Gasteiger partial charge in [0.15, 0.2) is 12.4 Å². The molecule has 1 heterocycles. The second-order valence-electron chi connectivity index (χ2n) is 5.15. The summed E-state index contributed by atoms with van der Waals surface area (Å²) in [7, 11) is 0. The van der Waals surface area contributed by atoms with Crippen LogP contribution in [0.5, 0.6) is 0 Å². The Morgan fingerprint density at radius 1 is 1.23 bits per heavy atom. The molecule has 0 saturated carbocycles. The Hall–Kier alpha value is -2.28. The Bertz CT molecular complexity index is 548. The lowest BCUT2D eigenvalue weighted by Gasteiger charge is -2.20. The molecule has 0 unspecified atom stereocenters. The van der Waals surface area contributed by atoms with Crippen LogP contribution < -0.4 is 0 Å². The first-order valence-corrected chi connectivity index (χ1v) is 7.07. The molecule has 0 N–H and O–H groups in total. The van der Waals surface area contributed by atoms with Crippen molar-refractivity contribution in [3.8, 4) is 0 Å². The molecule has 7 heteroatoms. The van der Waals surface area contributed by atoms with Crippen LogP contribution in [0.1, 0.15) is 29.6 Å². The van der Waals surface area contributed by atoms with Crippen molar-refractivity contribution in [1.82, 2.24) is 0 Å². The van der Waals surface area contributed by atoms with Crippen LogP contribution in [0.2, 0.25) is 0 Å². The molecule has 1 aliphatic heterocycles. The maximum absolute atomic E-state index is 11.9. The van der Waals surface area contributed by atoms with E-state index in [4.69, 9.17) is 9.47 Å². The normalized spacial score (nSPS) is 15.3. The molecule has 1 aromatic rings. The number of hydrogen-bond donors (Lipinski definition) is 0. The summed E-state index contributed by atoms with van der Waals surface area (Å²) in [6, 6.07) is 5.20. The van der Waals surface area contributed by atoms with Crippen molar-refractivity contribution >= 4 is 17.4 Å². The molecule has 1 aliphatic rings. The van der Waals surface area contributed by atoms with E-state index >= 15 is 0 Å². The molecule has 0 spiro atoms. The zero-order valence-corrected chi connectivity index (χ0v) is 12.0. The Morgan fingerprint density at radius 3 is 2.45 bits per heavy atom. The van der Waals surface area contributed by atoms with Gasteiger partial charge in [-0.25, -0.2) is 0 Å². The minimum atomic E-state index is -0.540. The SMILES string of the molecule is O=C(CC1CCOCC1)OCC(=O)c1ccc([N+](=O)[O-])cc1. The van der Waals surface area contributed by atoms with Gasteiger partial charge in [0.1, 0.15) is 0 Å². The number of Topliss-reactive ketones (excluding diaryl/α,β-unsaturated/α-hetero) is 1. The van der Waals surface area contributed by atoms with E-state index < -0.39 is 10.9 Å². The molecular weight excluding hydrogens is 290 g/mol. The topological polar surface area (TPSA) is 95.7 Å². The number of esters is 1. The first-order chi connectivity index (χ1) is 10.6. The highest BCUT2D eigenvalue weighted by Gasteiger charge is 2.19. The van der Waals surface area contributed by atoms with Gasteiger partial charge in [-0.05, 0) is 30.9 Å². The highest BCUT2D eigenvalue weighted by atomic mass is 16.6. The number of carbonyl (C=O) groups excluding carboxylic acids is 2. The first-order valence-electron chi connectivity index (χ1n) is 7.07. The monoisotopic (exact) mass is 307 g/mol. The third-order valence-electron chi connectivity index (χ3n) is 3.56. The van der Waals surface area contributed by atoms with Crippen molar-refractivity contribution in [2.45, 2.75) is 19.3 Å². The number of rotatable bonds is 6. The number of hydrogen-bond acceptors (Lipinski definition) is 6. The number of nitro groups is 1. The van der Waals surface area contributed by atoms with Gasteiger partial charge in [-0.3, -0.25) is 19.7 Å². The first kappa shape index (κ1) is 16.1. The average molecular weight is 307 g/mol. The molecule has 0 atom stereocenters. The maximum Gasteiger partial charge on any atom is 0.306 e. The van der Waals surface area contributed by atoms with Crippen LogP contribution in [0.25, 0.3) is 0 Å². The number of nitro benzene ring substituents is 1. The smallest absolute Gasteiger partial charge is 0.306 e. The zero-order chi connectivity index (χ0) is 15.9. The summed E-state index contributed by atoms with van der Waals surface area (Å²) in [5, 5.41) is 10.5. The fourth-order valence-electron chi connectivity index (χ4n) is 2.24. The molecule has 22 heavy (non-hydrogen) atoms. The minimum Gasteiger partial charge on any atom is -0.457 e. The summed E-state index contributed by atoms with van der Waals surface area (Å²) in [5.74, 6) is -0.534. The standard InChI is InChI=1S/C15H17NO6/c17-14(12-1-3-13(4-2-12)16(19)20)10-22-15(18)9-11-5-7-21-8-6-11/h1-4,11H,5-10H2. The van der Waals surface area contributed by atoms with Crippen molar-refractivity contribution in [1.29, 1.82) is 0 Å². The van der Waals surface area contributed by atoms with E-state index in [1.165, 1.54) is 24.3 Å². The molecule has 1 aromatic carbocycles. The quantitative estimate of drug-likeness (QED) is 0.346. The van der Waals surface area contributed by atoms with Crippen molar-refractivity contribution < 1.29 is 24.0 Å². The number of ether oxygens (including phenoxy) is 2. The number of ketones is 1. The van der Waals surface area contributed by atoms with Crippen LogP contribution in [0, 0.1) is 16.0 Å². The molecule has 118 valence electrons. The summed E-state index contributed by atoms with van der Waals surface area (Å²) in [6.07, 6.45) is 1.94. The largest absolute Gasteiger partial charge is 0.457 e. The van der Waals surface area contributed by atoms with E-state index in [9.17, 15) is 19.7 Å². The average Bonchev–Trinajstić information content (AvgIpc) is 2.53. The highest BCUT2D eigenvalue weighted by Crippen LogP contribution is 2.19. The second-order valence-corrected chi connectivity index (χ2v) is 5.15. The fourth-order valence-corrected chi connectivity index (χ4v) is 2.24. The summed E-state index contributed by atoms with van der Waals surface area (Å²) in [5.41, 5.74) is 0.192. The lowest BCUT2D eigenvalue weighted by molar-refractivity contribution is -0.384. The van der Waals surface area contributed by atoms with E-state index in [0.29, 0.717) is 13.2 Å². The number of benzene rings is 1. The van der Waals surface area contributed by atoms with Crippen LogP contribution in [0.3, 0.4) is 0 Å². The van der Waals surface area contributed by atoms with Gasteiger partial charge in [0.05, 0.1) is 4.92 Å². The van der Waals surface area contributed by atoms with E-state index in [-0.39, 0.29) is 36.0 Å². The number of nitrogens with zero attached hydrogens (tertiary/aromatic N) is 1. The Labute approximate surface area is 127 Å². The molecule has 2 rings (SSSR count). The van der Waals surface area contributed by atoms with Crippen LogP contribution in [-0.4, -0.2) is 36.5 Å². The predicted molar refractivity (Wildman–Crippen MR) is 76.5 cm³/mol. The van der Waals surface area contributed by atoms with Crippen LogP contribution in [0.15, 0.2) is 24.3 Å². The summed E-state index contributed by atoms with van der Waals surface area (Å²) >= 11 is 0. The Balaban J connectivity index is 1.78. The van der Waals surface area contributed by atoms with Gasteiger partial charge in [0.2, 0.25) is 0 Å². The van der Waals surface area contributed by atoms with Gasteiger partial charge < -0.3 is 9.47 Å². The molecule has 0 aliphatic carbocycles. The maximum atomic E-state index is 11.9. The molecule has 1 fully saturated rings. The van der Waals surface area contributed by atoms with Gasteiger partial charge in [-0.15, -0.1) is 0 Å². The highest BCUT2D eigenvalue weighted by molar-refractivity contribution is 5.98. The van der Waals surface area contributed by atoms with E-state index in [1.807, 2.05) is 0 Å². The fraction of sp³-hybridized carbons (Fsp3) is 0.467. The lowest BCUT2D eigenvalue weighted by atomic mass is 9.97. The van der Waals surface area contributed by atoms with Crippen molar-refractivity contribution in [2.24, 2.45) is 5.92 Å². The lowest BCUT2D eigenvalue weighted by Crippen LogP contribution is -2.21. The second kappa shape index (κ2) is 7.65. The molecule has 0 amide bonds. The summed E-state index contributed by atoms with van der Waals surface area (Å²) in [6.45, 7) is 0.958. The Kier molecular flexibility index (Phi) is 5.60. The summed E-state index contributed by atoms with van der Waals surface area (Å²) in [4.78, 5) is 33.5. The van der Waals surface area contributed by atoms with Crippen molar-refractivity contribution in [2.75, 3.05) is 19.8 Å². The molecular formula is C15H17NO6. The third kappa shape index (κ3) is 4.63. The molecule has 1 saturated heterocycles. The van der Waals surface area contributed by atoms with E-state index in [0.717, 1.165) is 12.8 Å². The number of carbonyl (C=O) groups is 2. The van der Waals surface area contributed by atoms with Crippen LogP contribution in [0.4, 0.5) is 5.69 Å². The third-order valence-corrected chi connectivity index (χ3v) is 3.56. The van der Waals surface area contributed by atoms with Gasteiger partial charge in [-0.2, -0.15) is 0 Å². The van der Waals surface area contributed by atoms with Crippen LogP contribution in [-0.2, 0) is 14.3 Å². The number of non-ortho nitro benzene ring substituents is 1. The van der Waals surface area contributed by atoms with E-state index in [2.05, 4.69) is 0 Å². The molecule has 0 radical (unpaired) electrons. The Morgan fingerprint density at radius 2 is 1.86 bits per heavy atom. The van der Waals surface area contributed by atoms with Crippen LogP contribution >= 0.6 is 0 Å². The molecule has 0 aromatic heterocycles. The van der Waals surface area contributed by atoms with E-state index in [1.54, 1.807) is 0 Å². The van der Waals surface area contributed by atoms with Gasteiger partial charge in [0, 0.05) is 37.3 Å². The minimum absolute atomic E-state index is 0.0898. The molecule has 0 bridgehead atoms. The van der Waals surface area contributed by atoms with Gasteiger partial charge in [-0.1, -0.05) is 0 Å². The van der Waals surface area contributed by atoms with Crippen molar-refractivity contribution in [3.63, 3.8) is 0 Å².